The van der Waals surface area contributed by atoms with Crippen molar-refractivity contribution >= 4 is 11.4 Å². The summed E-state index contributed by atoms with van der Waals surface area (Å²) in [6.07, 6.45) is 3.77. The van der Waals surface area contributed by atoms with Crippen LogP contribution in [0.15, 0.2) is 40.0 Å². The predicted molar refractivity (Wildman–Crippen MR) is 78.2 cm³/mol. The average molecular weight is 301 g/mol. The summed E-state index contributed by atoms with van der Waals surface area (Å²) in [6.45, 7) is 2.42. The van der Waals surface area contributed by atoms with E-state index in [0.29, 0.717) is 23.5 Å². The number of carbonyl (C=O) groups excluding carboxylic acids is 1. The van der Waals surface area contributed by atoms with Crippen LogP contribution in [0.3, 0.4) is 0 Å². The predicted octanol–water partition coefficient (Wildman–Crippen LogP) is 0.677. The summed E-state index contributed by atoms with van der Waals surface area (Å²) >= 11 is 0. The quantitative estimate of drug-likeness (QED) is 0.747. The van der Waals surface area contributed by atoms with E-state index in [1.165, 1.54) is 17.1 Å². The molecule has 0 aliphatic carbocycles. The Morgan fingerprint density at radius 1 is 1.45 bits per heavy atom. The van der Waals surface area contributed by atoms with Crippen molar-refractivity contribution < 1.29 is 9.21 Å². The molecule has 114 valence electrons. The second-order valence-corrected chi connectivity index (χ2v) is 4.78. The van der Waals surface area contributed by atoms with Gasteiger partial charge in [0.05, 0.1) is 6.26 Å². The largest absolute Gasteiger partial charge is 0.463 e. The van der Waals surface area contributed by atoms with Gasteiger partial charge < -0.3 is 9.73 Å². The van der Waals surface area contributed by atoms with E-state index in [0.717, 1.165) is 11.1 Å². The van der Waals surface area contributed by atoms with Crippen molar-refractivity contribution in [2.24, 2.45) is 0 Å². The molecule has 0 fully saturated rings. The molecule has 3 aromatic heterocycles. The van der Waals surface area contributed by atoms with E-state index in [9.17, 15) is 9.59 Å². The van der Waals surface area contributed by atoms with Gasteiger partial charge >= 0.3 is 0 Å². The lowest BCUT2D eigenvalue weighted by atomic mass is 10.3. The molecule has 0 atom stereocenters. The second-order valence-electron chi connectivity index (χ2n) is 4.78. The van der Waals surface area contributed by atoms with E-state index in [1.807, 2.05) is 6.92 Å². The molecule has 0 aliphatic heterocycles. The molecule has 8 heteroatoms. The molecule has 0 bridgehead atoms. The number of nitrogens with one attached hydrogen (secondary N) is 1. The van der Waals surface area contributed by atoms with Crippen LogP contribution in [0.4, 0.5) is 0 Å². The highest BCUT2D eigenvalue weighted by molar-refractivity contribution is 5.75. The number of amides is 1. The third-order valence-corrected chi connectivity index (χ3v) is 3.13. The smallest absolute Gasteiger partial charge is 0.293 e. The number of nitrogens with zero attached hydrogens (tertiary/aromatic N) is 4. The SMILES string of the molecule is CCCNC(=O)Cn1ncn2nc(-c3ccco3)cc2c1=O. The Kier molecular flexibility index (Phi) is 3.73. The minimum atomic E-state index is -0.376. The molecule has 0 saturated heterocycles. The Morgan fingerprint density at radius 2 is 2.32 bits per heavy atom. The molecular weight excluding hydrogens is 286 g/mol. The highest BCUT2D eigenvalue weighted by atomic mass is 16.3. The maximum atomic E-state index is 12.3. The van der Waals surface area contributed by atoms with Crippen molar-refractivity contribution in [1.29, 1.82) is 0 Å². The molecule has 22 heavy (non-hydrogen) atoms. The molecule has 0 aliphatic rings. The molecule has 0 unspecified atom stereocenters. The van der Waals surface area contributed by atoms with E-state index in [2.05, 4.69) is 15.5 Å². The summed E-state index contributed by atoms with van der Waals surface area (Å²) in [7, 11) is 0. The van der Waals surface area contributed by atoms with Gasteiger partial charge in [-0.05, 0) is 18.6 Å². The first kappa shape index (κ1) is 14.1. The molecule has 3 aromatic rings. The maximum absolute atomic E-state index is 12.3. The van der Waals surface area contributed by atoms with E-state index in [-0.39, 0.29) is 18.0 Å². The average Bonchev–Trinajstić information content (AvgIpc) is 3.16. The van der Waals surface area contributed by atoms with Gasteiger partial charge in [-0.25, -0.2) is 9.20 Å². The second kappa shape index (κ2) is 5.84. The lowest BCUT2D eigenvalue weighted by Gasteiger charge is -2.05. The molecular formula is C14H15N5O3. The van der Waals surface area contributed by atoms with Gasteiger partial charge in [0.1, 0.15) is 24.1 Å². The number of furan rings is 1. The van der Waals surface area contributed by atoms with Crippen LogP contribution in [-0.4, -0.2) is 31.8 Å². The van der Waals surface area contributed by atoms with Gasteiger partial charge in [0, 0.05) is 12.6 Å². The number of fused-ring (bicyclic) bond motifs is 1. The first-order chi connectivity index (χ1) is 10.7. The number of rotatable bonds is 5. The van der Waals surface area contributed by atoms with Gasteiger partial charge in [-0.2, -0.15) is 10.2 Å². The number of hydrogen-bond acceptors (Lipinski definition) is 5. The molecule has 0 spiro atoms. The zero-order valence-electron chi connectivity index (χ0n) is 12.0. The summed E-state index contributed by atoms with van der Waals surface area (Å²) < 4.78 is 7.75. The molecule has 8 nitrogen and oxygen atoms in total. The third kappa shape index (κ3) is 2.62. The number of aromatic nitrogens is 4. The van der Waals surface area contributed by atoms with Gasteiger partial charge in [0.2, 0.25) is 5.91 Å². The summed E-state index contributed by atoms with van der Waals surface area (Å²) in [6, 6.07) is 5.11. The van der Waals surface area contributed by atoms with Crippen molar-refractivity contribution in [3.05, 3.63) is 41.1 Å². The summed E-state index contributed by atoms with van der Waals surface area (Å²) in [4.78, 5) is 24.1. The summed E-state index contributed by atoms with van der Waals surface area (Å²) in [5.74, 6) is 0.321. The van der Waals surface area contributed by atoms with Crippen LogP contribution in [0.2, 0.25) is 0 Å². The van der Waals surface area contributed by atoms with Crippen LogP contribution in [0.25, 0.3) is 17.0 Å². The van der Waals surface area contributed by atoms with Crippen LogP contribution in [-0.2, 0) is 11.3 Å². The Morgan fingerprint density at radius 3 is 3.05 bits per heavy atom. The normalized spacial score (nSPS) is 11.0. The van der Waals surface area contributed by atoms with Gasteiger partial charge in [-0.15, -0.1) is 0 Å². The fourth-order valence-electron chi connectivity index (χ4n) is 2.05. The monoisotopic (exact) mass is 301 g/mol. The number of hydrogen-bond donors (Lipinski definition) is 1. The Bertz CT molecular complexity index is 847. The van der Waals surface area contributed by atoms with Gasteiger partial charge in [0.25, 0.3) is 5.56 Å². The first-order valence-electron chi connectivity index (χ1n) is 6.95. The van der Waals surface area contributed by atoms with Crippen molar-refractivity contribution in [1.82, 2.24) is 24.7 Å². The fourth-order valence-corrected chi connectivity index (χ4v) is 2.05. The lowest BCUT2D eigenvalue weighted by molar-refractivity contribution is -0.121. The van der Waals surface area contributed by atoms with Gasteiger partial charge in [-0.1, -0.05) is 6.92 Å². The Labute approximate surface area is 125 Å². The van der Waals surface area contributed by atoms with Crippen LogP contribution in [0.5, 0.6) is 0 Å². The van der Waals surface area contributed by atoms with Crippen molar-refractivity contribution in [3.63, 3.8) is 0 Å². The third-order valence-electron chi connectivity index (χ3n) is 3.13. The van der Waals surface area contributed by atoms with Crippen LogP contribution < -0.4 is 10.9 Å². The topological polar surface area (TPSA) is 94.4 Å². The lowest BCUT2D eigenvalue weighted by Crippen LogP contribution is -2.34. The zero-order valence-corrected chi connectivity index (χ0v) is 12.0. The molecule has 3 rings (SSSR count). The van der Waals surface area contributed by atoms with E-state index >= 15 is 0 Å². The maximum Gasteiger partial charge on any atom is 0.293 e. The Hall–Kier alpha value is -2.90. The zero-order chi connectivity index (χ0) is 15.5. The van der Waals surface area contributed by atoms with E-state index < -0.39 is 0 Å². The molecule has 1 amide bonds. The van der Waals surface area contributed by atoms with Gasteiger partial charge in [0.15, 0.2) is 5.76 Å². The summed E-state index contributed by atoms with van der Waals surface area (Å²) in [5.41, 5.74) is 0.501. The standard InChI is InChI=1S/C14H15N5O3/c1-2-5-15-13(20)8-18-14(21)11-7-10(12-4-3-6-22-12)17-19(11)9-16-18/h3-4,6-7,9H,2,5,8H2,1H3,(H,15,20). The van der Waals surface area contributed by atoms with Gasteiger partial charge in [-0.3, -0.25) is 9.59 Å². The van der Waals surface area contributed by atoms with Crippen LogP contribution in [0.1, 0.15) is 13.3 Å². The summed E-state index contributed by atoms with van der Waals surface area (Å²) in [5, 5.41) is 10.9. The molecule has 0 radical (unpaired) electrons. The van der Waals surface area contributed by atoms with E-state index in [1.54, 1.807) is 18.2 Å². The van der Waals surface area contributed by atoms with Crippen molar-refractivity contribution in [2.75, 3.05) is 6.54 Å². The van der Waals surface area contributed by atoms with Crippen molar-refractivity contribution in [3.8, 4) is 11.5 Å². The molecule has 3 heterocycles. The van der Waals surface area contributed by atoms with E-state index in [4.69, 9.17) is 4.42 Å². The van der Waals surface area contributed by atoms with Crippen molar-refractivity contribution in [2.45, 2.75) is 19.9 Å². The molecule has 0 aromatic carbocycles. The van der Waals surface area contributed by atoms with Crippen LogP contribution >= 0.6 is 0 Å². The Balaban J connectivity index is 1.92. The van der Waals surface area contributed by atoms with Crippen LogP contribution in [0, 0.1) is 0 Å². The fraction of sp³-hybridized carbons (Fsp3) is 0.286. The molecule has 0 saturated carbocycles. The highest BCUT2D eigenvalue weighted by Gasteiger charge is 2.13. The molecule has 1 N–H and O–H groups in total. The minimum Gasteiger partial charge on any atom is -0.463 e. The highest BCUT2D eigenvalue weighted by Crippen LogP contribution is 2.18. The number of carbonyl (C=O) groups is 1. The first-order valence-corrected chi connectivity index (χ1v) is 6.95. The minimum absolute atomic E-state index is 0.114.